The topological polar surface area (TPSA) is 78.9 Å². The van der Waals surface area contributed by atoms with Crippen molar-refractivity contribution in [3.63, 3.8) is 0 Å². The van der Waals surface area contributed by atoms with E-state index >= 15 is 0 Å². The average molecular weight is 262 g/mol. The molecule has 1 aliphatic heterocycles. The summed E-state index contributed by atoms with van der Waals surface area (Å²) in [5.74, 6) is -0.0303. The minimum absolute atomic E-state index is 0. The van der Waals surface area contributed by atoms with Crippen LogP contribution in [-0.4, -0.2) is 57.1 Å². The molecule has 0 bridgehead atoms. The van der Waals surface area contributed by atoms with E-state index in [4.69, 9.17) is 9.39 Å². The van der Waals surface area contributed by atoms with Crippen LogP contribution in [0.2, 0.25) is 0 Å². The van der Waals surface area contributed by atoms with E-state index in [1.165, 1.54) is 5.06 Å². The first-order valence-electron chi connectivity index (χ1n) is 5.13. The van der Waals surface area contributed by atoms with Crippen molar-refractivity contribution in [2.45, 2.75) is 12.8 Å². The molecule has 0 atom stereocenters. The maximum absolute atomic E-state index is 11.4. The largest absolute Gasteiger partial charge is 1.00 e. The minimum atomic E-state index is -3.47. The van der Waals surface area contributed by atoms with E-state index in [9.17, 15) is 8.42 Å². The zero-order valence-electron chi connectivity index (χ0n) is 10.7. The van der Waals surface area contributed by atoms with Gasteiger partial charge in [-0.3, -0.25) is 0 Å². The molecular formula is C8H19N2NaO4S. The molecule has 1 heterocycles. The van der Waals surface area contributed by atoms with E-state index in [1.807, 2.05) is 0 Å². The van der Waals surface area contributed by atoms with E-state index < -0.39 is 10.1 Å². The van der Waals surface area contributed by atoms with Crippen LogP contribution in [0.4, 0.5) is 0 Å². The van der Waals surface area contributed by atoms with Gasteiger partial charge in [0, 0.05) is 32.8 Å². The van der Waals surface area contributed by atoms with E-state index in [0.717, 1.165) is 13.1 Å². The third kappa shape index (κ3) is 7.18. The first kappa shape index (κ1) is 16.8. The van der Waals surface area contributed by atoms with Crippen LogP contribution in [0.25, 0.3) is 0 Å². The third-order valence-electron chi connectivity index (χ3n) is 2.10. The SMILES string of the molecule is O=S(=O)(CCCCO)ON1CCNCC1.[H-].[Na+]. The van der Waals surface area contributed by atoms with Crippen molar-refractivity contribution < 1.29 is 48.8 Å². The molecule has 92 valence electrons. The molecule has 0 aromatic carbocycles. The number of nitrogens with zero attached hydrogens (tertiary/aromatic N) is 1. The molecule has 2 N–H and O–H groups in total. The van der Waals surface area contributed by atoms with Gasteiger partial charge >= 0.3 is 29.6 Å². The summed E-state index contributed by atoms with van der Waals surface area (Å²) in [5.41, 5.74) is 0. The Balaban J connectivity index is 0. The molecule has 1 rings (SSSR count). The molecule has 0 spiro atoms. The zero-order chi connectivity index (χ0) is 11.1. The maximum atomic E-state index is 11.4. The second kappa shape index (κ2) is 8.82. The van der Waals surface area contributed by atoms with Gasteiger partial charge in [-0.25, -0.2) is 0 Å². The van der Waals surface area contributed by atoms with Crippen LogP contribution in [0, 0.1) is 0 Å². The fraction of sp³-hybridized carbons (Fsp3) is 1.00. The van der Waals surface area contributed by atoms with Gasteiger partial charge in [0.1, 0.15) is 0 Å². The van der Waals surface area contributed by atoms with E-state index in [2.05, 4.69) is 5.32 Å². The van der Waals surface area contributed by atoms with Gasteiger partial charge in [-0.15, -0.1) is 0 Å². The van der Waals surface area contributed by atoms with Gasteiger partial charge in [0.25, 0.3) is 10.1 Å². The molecule has 16 heavy (non-hydrogen) atoms. The predicted octanol–water partition coefficient (Wildman–Crippen LogP) is -3.96. The molecule has 0 amide bonds. The van der Waals surface area contributed by atoms with Crippen LogP contribution < -0.4 is 34.9 Å². The average Bonchev–Trinajstić information content (AvgIpc) is 2.18. The number of hydroxylamine groups is 2. The fourth-order valence-corrected chi connectivity index (χ4v) is 2.41. The van der Waals surface area contributed by atoms with Crippen molar-refractivity contribution in [1.82, 2.24) is 10.4 Å². The van der Waals surface area contributed by atoms with Crippen LogP contribution >= 0.6 is 0 Å². The number of nitrogens with one attached hydrogen (secondary N) is 1. The van der Waals surface area contributed by atoms with Gasteiger partial charge in [0.05, 0.1) is 5.75 Å². The molecule has 0 radical (unpaired) electrons. The molecule has 1 aliphatic rings. The van der Waals surface area contributed by atoms with Crippen LogP contribution in [0.15, 0.2) is 0 Å². The second-order valence-corrected chi connectivity index (χ2v) is 5.12. The number of unbranched alkanes of at least 4 members (excludes halogenated alkanes) is 1. The summed E-state index contributed by atoms with van der Waals surface area (Å²) >= 11 is 0. The number of hydrogen-bond acceptors (Lipinski definition) is 6. The first-order valence-corrected chi connectivity index (χ1v) is 6.70. The Morgan fingerprint density at radius 2 is 1.94 bits per heavy atom. The second-order valence-electron chi connectivity index (χ2n) is 3.45. The van der Waals surface area contributed by atoms with Crippen LogP contribution in [0.1, 0.15) is 14.3 Å². The van der Waals surface area contributed by atoms with Gasteiger partial charge in [0.15, 0.2) is 0 Å². The molecule has 0 aromatic heterocycles. The number of aliphatic hydroxyl groups excluding tert-OH is 1. The molecule has 6 nitrogen and oxygen atoms in total. The Morgan fingerprint density at radius 3 is 2.50 bits per heavy atom. The summed E-state index contributed by atoms with van der Waals surface area (Å²) in [7, 11) is -3.47. The normalized spacial score (nSPS) is 18.1. The molecule has 0 saturated carbocycles. The van der Waals surface area contributed by atoms with Crippen molar-refractivity contribution >= 4 is 10.1 Å². The van der Waals surface area contributed by atoms with E-state index in [1.54, 1.807) is 0 Å². The van der Waals surface area contributed by atoms with Gasteiger partial charge in [-0.2, -0.15) is 17.8 Å². The molecule has 1 saturated heterocycles. The maximum Gasteiger partial charge on any atom is 1.00 e. The van der Waals surface area contributed by atoms with Crippen LogP contribution in [-0.2, 0) is 14.4 Å². The summed E-state index contributed by atoms with van der Waals surface area (Å²) in [4.78, 5) is 0. The van der Waals surface area contributed by atoms with Crippen molar-refractivity contribution in [2.24, 2.45) is 0 Å². The van der Waals surface area contributed by atoms with Crippen LogP contribution in [0.5, 0.6) is 0 Å². The summed E-state index contributed by atoms with van der Waals surface area (Å²) in [5, 5.41) is 13.1. The summed E-state index contributed by atoms with van der Waals surface area (Å²) in [6.45, 7) is 2.67. The Morgan fingerprint density at radius 1 is 1.31 bits per heavy atom. The number of rotatable bonds is 6. The van der Waals surface area contributed by atoms with E-state index in [0.29, 0.717) is 25.9 Å². The first-order chi connectivity index (χ1) is 7.14. The van der Waals surface area contributed by atoms with Crippen molar-refractivity contribution in [3.8, 4) is 0 Å². The fourth-order valence-electron chi connectivity index (χ4n) is 1.31. The smallest absolute Gasteiger partial charge is 1.00 e. The number of hydrogen-bond donors (Lipinski definition) is 2. The molecule has 0 aliphatic carbocycles. The summed E-state index contributed by atoms with van der Waals surface area (Å²) < 4.78 is 27.7. The summed E-state index contributed by atoms with van der Waals surface area (Å²) in [6, 6.07) is 0. The van der Waals surface area contributed by atoms with Crippen molar-refractivity contribution in [2.75, 3.05) is 38.5 Å². The van der Waals surface area contributed by atoms with E-state index in [-0.39, 0.29) is 43.3 Å². The Labute approximate surface area is 120 Å². The van der Waals surface area contributed by atoms with Gasteiger partial charge in [-0.1, -0.05) is 0 Å². The molecule has 1 fully saturated rings. The zero-order valence-corrected chi connectivity index (χ0v) is 12.5. The Bertz CT molecular complexity index is 273. The standard InChI is InChI=1S/C8H18N2O4S.Na.H/c11-7-1-2-8-15(12,13)14-10-5-3-9-4-6-10;;/h9,11H,1-8H2;;/q;+1;-1. The molecule has 0 aromatic rings. The van der Waals surface area contributed by atoms with Crippen molar-refractivity contribution in [1.29, 1.82) is 0 Å². The monoisotopic (exact) mass is 262 g/mol. The molecule has 0 unspecified atom stereocenters. The molecule has 8 heteroatoms. The van der Waals surface area contributed by atoms with Gasteiger partial charge in [0.2, 0.25) is 0 Å². The number of piperazine rings is 1. The Hall–Kier alpha value is 0.790. The summed E-state index contributed by atoms with van der Waals surface area (Å²) in [6.07, 6.45) is 0.926. The predicted molar refractivity (Wildman–Crippen MR) is 56.7 cm³/mol. The van der Waals surface area contributed by atoms with Gasteiger partial charge < -0.3 is 11.8 Å². The van der Waals surface area contributed by atoms with Crippen LogP contribution in [0.3, 0.4) is 0 Å². The minimum Gasteiger partial charge on any atom is -1.00 e. The quantitative estimate of drug-likeness (QED) is 0.376. The number of aliphatic hydroxyl groups is 1. The van der Waals surface area contributed by atoms with Crippen molar-refractivity contribution in [3.05, 3.63) is 0 Å². The molecular weight excluding hydrogens is 243 g/mol. The Kier molecular flexibility index (Phi) is 9.25. The van der Waals surface area contributed by atoms with Gasteiger partial charge in [-0.05, 0) is 12.8 Å². The third-order valence-corrected chi connectivity index (χ3v) is 3.32.